The summed E-state index contributed by atoms with van der Waals surface area (Å²) < 4.78 is 0. The molecule has 1 heteroatoms. The molecular formula is C55H55N. The molecule has 0 aromatic heterocycles. The largest absolute Gasteiger partial charge is 0.310 e. The van der Waals surface area contributed by atoms with Crippen molar-refractivity contribution in [1.82, 2.24) is 0 Å². The minimum absolute atomic E-state index is 0.0990. The van der Waals surface area contributed by atoms with Crippen molar-refractivity contribution in [2.24, 2.45) is 34.5 Å². The highest BCUT2D eigenvalue weighted by Gasteiger charge is 2.81. The molecule has 5 aromatic carbocycles. The smallest absolute Gasteiger partial charge is 0.0543 e. The monoisotopic (exact) mass is 729 g/mol. The van der Waals surface area contributed by atoms with Gasteiger partial charge in [-0.1, -0.05) is 142 Å². The molecule has 1 nitrogen and oxygen atoms in total. The van der Waals surface area contributed by atoms with Gasteiger partial charge in [0.05, 0.1) is 11.4 Å². The zero-order valence-corrected chi connectivity index (χ0v) is 33.3. The van der Waals surface area contributed by atoms with Crippen LogP contribution in [0.3, 0.4) is 0 Å². The van der Waals surface area contributed by atoms with Gasteiger partial charge in [0.25, 0.3) is 0 Å². The molecule has 2 bridgehead atoms. The second kappa shape index (κ2) is 12.2. The Bertz CT molecular complexity index is 2420. The van der Waals surface area contributed by atoms with E-state index in [1.807, 2.05) is 0 Å². The molecule has 6 unspecified atom stereocenters. The number of rotatable bonds is 7. The number of nitrogens with zero attached hydrogens (tertiary/aromatic N) is 1. The van der Waals surface area contributed by atoms with Crippen LogP contribution in [-0.4, -0.2) is 0 Å². The van der Waals surface area contributed by atoms with Crippen molar-refractivity contribution in [3.05, 3.63) is 156 Å². The van der Waals surface area contributed by atoms with Gasteiger partial charge < -0.3 is 4.90 Å². The first-order valence-electron chi connectivity index (χ1n) is 22.2. The number of para-hydroxylation sites is 1. The first-order valence-corrected chi connectivity index (χ1v) is 22.2. The molecule has 0 saturated heterocycles. The second-order valence-electron chi connectivity index (χ2n) is 19.6. The van der Waals surface area contributed by atoms with Crippen LogP contribution in [0.2, 0.25) is 0 Å². The van der Waals surface area contributed by atoms with Crippen molar-refractivity contribution in [2.75, 3.05) is 4.90 Å². The number of anilines is 2. The molecule has 7 aliphatic carbocycles. The summed E-state index contributed by atoms with van der Waals surface area (Å²) in [7, 11) is 0. The maximum absolute atomic E-state index is 2.69. The van der Waals surface area contributed by atoms with Gasteiger partial charge in [0.2, 0.25) is 0 Å². The highest BCUT2D eigenvalue weighted by molar-refractivity contribution is 5.95. The van der Waals surface area contributed by atoms with E-state index in [-0.39, 0.29) is 5.41 Å². The van der Waals surface area contributed by atoms with Gasteiger partial charge in [-0.25, -0.2) is 0 Å². The molecule has 0 radical (unpaired) electrons. The van der Waals surface area contributed by atoms with Crippen molar-refractivity contribution in [2.45, 2.75) is 95.8 Å². The van der Waals surface area contributed by atoms with Crippen LogP contribution in [0.1, 0.15) is 107 Å². The minimum Gasteiger partial charge on any atom is -0.310 e. The molecule has 1 spiro atoms. The van der Waals surface area contributed by atoms with Crippen LogP contribution >= 0.6 is 0 Å². The molecule has 280 valence electrons. The quantitative estimate of drug-likeness (QED) is 0.161. The van der Waals surface area contributed by atoms with E-state index in [0.29, 0.717) is 22.7 Å². The van der Waals surface area contributed by atoms with Gasteiger partial charge in [-0.2, -0.15) is 0 Å². The van der Waals surface area contributed by atoms with Crippen LogP contribution in [0.25, 0.3) is 33.4 Å². The fourth-order valence-electron chi connectivity index (χ4n) is 14.6. The van der Waals surface area contributed by atoms with Crippen LogP contribution < -0.4 is 4.90 Å². The average molecular weight is 730 g/mol. The summed E-state index contributed by atoms with van der Waals surface area (Å²) in [5, 5.41) is 0. The normalized spacial score (nSPS) is 30.1. The number of benzene rings is 5. The van der Waals surface area contributed by atoms with Gasteiger partial charge in [-0.05, 0) is 155 Å². The summed E-state index contributed by atoms with van der Waals surface area (Å²) in [6.45, 7) is 4.85. The summed E-state index contributed by atoms with van der Waals surface area (Å²) in [6.07, 6.45) is 23.4. The third-order valence-electron chi connectivity index (χ3n) is 17.0. The highest BCUT2D eigenvalue weighted by atomic mass is 15.2. The van der Waals surface area contributed by atoms with Crippen LogP contribution in [0, 0.1) is 34.5 Å². The zero-order chi connectivity index (χ0) is 37.2. The maximum Gasteiger partial charge on any atom is 0.0543 e. The molecule has 7 aliphatic rings. The lowest BCUT2D eigenvalue weighted by Gasteiger charge is -2.75. The van der Waals surface area contributed by atoms with Crippen molar-refractivity contribution in [3.63, 3.8) is 0 Å². The molecule has 0 heterocycles. The Morgan fingerprint density at radius 2 is 1.34 bits per heavy atom. The third kappa shape index (κ3) is 4.55. The Morgan fingerprint density at radius 1 is 0.589 bits per heavy atom. The number of hydrogen-bond acceptors (Lipinski definition) is 1. The van der Waals surface area contributed by atoms with E-state index in [1.165, 1.54) is 131 Å². The number of fused-ring (bicyclic) bond motifs is 4. The van der Waals surface area contributed by atoms with E-state index < -0.39 is 0 Å². The van der Waals surface area contributed by atoms with Crippen molar-refractivity contribution in [1.29, 1.82) is 0 Å². The molecule has 5 aromatic rings. The van der Waals surface area contributed by atoms with E-state index in [4.69, 9.17) is 0 Å². The Hall–Kier alpha value is -4.62. The lowest BCUT2D eigenvalue weighted by atomic mass is 9.29. The fraction of sp³-hybridized carbons (Fsp3) is 0.382. The first kappa shape index (κ1) is 33.5. The summed E-state index contributed by atoms with van der Waals surface area (Å²) in [6, 6.07) is 44.3. The molecule has 56 heavy (non-hydrogen) atoms. The fourth-order valence-corrected chi connectivity index (χ4v) is 14.6. The predicted molar refractivity (Wildman–Crippen MR) is 233 cm³/mol. The van der Waals surface area contributed by atoms with Crippen LogP contribution in [-0.2, 0) is 5.41 Å². The van der Waals surface area contributed by atoms with Gasteiger partial charge >= 0.3 is 0 Å². The number of allylic oxidation sites excluding steroid dienone is 3. The summed E-state index contributed by atoms with van der Waals surface area (Å²) in [4.78, 5) is 2.66. The SMILES string of the molecule is CC1(C)c2ccccc2-c2cc(-c3ccccc3)c(N(C3=CCC(C45CC6CC7CC(C4)C75C6)C=C3)c3ccccc3-c3ccc(C4CCCCC4)cc3)cc21. The molecule has 5 fully saturated rings. The Balaban J connectivity index is 1.02. The Kier molecular flexibility index (Phi) is 7.30. The highest BCUT2D eigenvalue weighted by Crippen LogP contribution is 2.88. The van der Waals surface area contributed by atoms with Crippen molar-refractivity contribution >= 4 is 11.4 Å². The molecule has 6 atom stereocenters. The lowest BCUT2D eigenvalue weighted by Crippen LogP contribution is -2.68. The van der Waals surface area contributed by atoms with E-state index in [9.17, 15) is 0 Å². The Morgan fingerprint density at radius 3 is 2.11 bits per heavy atom. The topological polar surface area (TPSA) is 3.24 Å². The second-order valence-corrected chi connectivity index (χ2v) is 19.6. The maximum atomic E-state index is 2.69. The first-order chi connectivity index (χ1) is 27.4. The Labute approximate surface area is 334 Å². The van der Waals surface area contributed by atoms with Crippen LogP contribution in [0.4, 0.5) is 11.4 Å². The van der Waals surface area contributed by atoms with Gasteiger partial charge in [0.1, 0.15) is 0 Å². The predicted octanol–water partition coefficient (Wildman–Crippen LogP) is 14.8. The molecule has 0 N–H and O–H groups in total. The summed E-state index contributed by atoms with van der Waals surface area (Å²) >= 11 is 0. The van der Waals surface area contributed by atoms with E-state index in [2.05, 4.69) is 152 Å². The van der Waals surface area contributed by atoms with Crippen LogP contribution in [0.15, 0.2) is 139 Å². The molecular weight excluding hydrogens is 675 g/mol. The zero-order valence-electron chi connectivity index (χ0n) is 33.3. The van der Waals surface area contributed by atoms with Gasteiger partial charge in [-0.3, -0.25) is 0 Å². The molecule has 0 aliphatic heterocycles. The lowest BCUT2D eigenvalue weighted by molar-refractivity contribution is -0.260. The standard InChI is InChI=1S/C55H55N/c1-53(2)49-19-11-9-18-46(49)48-31-47(39-15-7-4-8-16-39)52(32-50(48)53)56(44-27-25-41(26-28-44)54-33-36-29-42-30-43(35-54)55(42,54)34-36)51-20-12-10-17-45(51)40-23-21-38(22-24-40)37-13-5-3-6-14-37/h4,7-12,15-25,27-28,31-32,36-37,41-43H,3,5-6,13-14,26,29-30,33-35H2,1-2H3. The van der Waals surface area contributed by atoms with Crippen molar-refractivity contribution < 1.29 is 0 Å². The van der Waals surface area contributed by atoms with Gasteiger partial charge in [0, 0.05) is 22.2 Å². The summed E-state index contributed by atoms with van der Waals surface area (Å²) in [5.74, 6) is 4.42. The average Bonchev–Trinajstić information content (AvgIpc) is 3.83. The van der Waals surface area contributed by atoms with Gasteiger partial charge in [-0.15, -0.1) is 0 Å². The van der Waals surface area contributed by atoms with Gasteiger partial charge in [0.15, 0.2) is 0 Å². The van der Waals surface area contributed by atoms with E-state index in [1.54, 1.807) is 0 Å². The molecule has 5 saturated carbocycles. The van der Waals surface area contributed by atoms with E-state index in [0.717, 1.165) is 24.2 Å². The minimum atomic E-state index is -0.0990. The summed E-state index contributed by atoms with van der Waals surface area (Å²) in [5.41, 5.74) is 17.3. The van der Waals surface area contributed by atoms with Crippen molar-refractivity contribution in [3.8, 4) is 33.4 Å². The van der Waals surface area contributed by atoms with Crippen LogP contribution in [0.5, 0.6) is 0 Å². The molecule has 12 rings (SSSR count). The molecule has 0 amide bonds. The van der Waals surface area contributed by atoms with E-state index >= 15 is 0 Å². The third-order valence-corrected chi connectivity index (χ3v) is 17.0. The number of hydrogen-bond donors (Lipinski definition) is 0.